The van der Waals surface area contributed by atoms with E-state index < -0.39 is 14.3 Å². The third-order valence-corrected chi connectivity index (χ3v) is 11.0. The molecule has 0 fully saturated rings. The summed E-state index contributed by atoms with van der Waals surface area (Å²) in [4.78, 5) is 7.98. The van der Waals surface area contributed by atoms with Crippen LogP contribution in [-0.4, -0.2) is 18.3 Å². The highest BCUT2D eigenvalue weighted by atomic mass is 79.9. The van der Waals surface area contributed by atoms with Gasteiger partial charge in [0.15, 0.2) is 4.60 Å². The molecule has 4 aromatic rings. The van der Waals surface area contributed by atoms with Crippen LogP contribution in [0.15, 0.2) is 95.7 Å². The largest absolute Gasteiger partial charge is 0.534 e. The van der Waals surface area contributed by atoms with Crippen LogP contribution >= 0.6 is 15.9 Å². The Morgan fingerprint density at radius 2 is 1.34 bits per heavy atom. The lowest BCUT2D eigenvalue weighted by Gasteiger charge is -2.43. The van der Waals surface area contributed by atoms with Gasteiger partial charge in [-0.3, -0.25) is 0 Å². The van der Waals surface area contributed by atoms with E-state index in [4.69, 9.17) is 4.43 Å². The lowest BCUT2D eigenvalue weighted by Crippen LogP contribution is -2.68. The minimum atomic E-state index is -2.70. The second-order valence-electron chi connectivity index (χ2n) is 8.63. The van der Waals surface area contributed by atoms with Gasteiger partial charge >= 0.3 is 8.32 Å². The molecule has 6 heteroatoms. The molecule has 0 aliphatic carbocycles. The third-order valence-electron chi connectivity index (χ3n) is 5.53. The average molecular weight is 507 g/mol. The molecule has 32 heavy (non-hydrogen) atoms. The van der Waals surface area contributed by atoms with Crippen LogP contribution in [0.25, 0.3) is 11.3 Å². The Morgan fingerprint density at radius 1 is 0.812 bits per heavy atom. The fourth-order valence-electron chi connectivity index (χ4n) is 4.01. The lowest BCUT2D eigenvalue weighted by molar-refractivity contribution is 0.508. The van der Waals surface area contributed by atoms with Gasteiger partial charge in [0.05, 0.1) is 11.9 Å². The molecule has 0 amide bonds. The van der Waals surface area contributed by atoms with Crippen molar-refractivity contribution in [1.29, 1.82) is 0 Å². The van der Waals surface area contributed by atoms with Gasteiger partial charge in [0, 0.05) is 5.56 Å². The quantitative estimate of drug-likeness (QED) is 0.312. The first-order valence-corrected chi connectivity index (χ1v) is 13.1. The molecule has 0 saturated carbocycles. The second kappa shape index (κ2) is 8.96. The molecular formula is C26H24BrFN2OSi. The van der Waals surface area contributed by atoms with Crippen LogP contribution in [0.3, 0.4) is 0 Å². The van der Waals surface area contributed by atoms with Gasteiger partial charge < -0.3 is 4.43 Å². The molecule has 1 heterocycles. The Labute approximate surface area is 197 Å². The molecule has 0 radical (unpaired) electrons. The Kier molecular flexibility index (Phi) is 6.26. The second-order valence-corrected chi connectivity index (χ2v) is 13.6. The first-order valence-electron chi connectivity index (χ1n) is 10.4. The SMILES string of the molecule is CC(C)(C)[Si](Oc1ccc(-c2cnc(Br)c(F)n2)cc1)(c1ccccc1)c1ccccc1. The number of hydrogen-bond donors (Lipinski definition) is 0. The molecule has 0 unspecified atom stereocenters. The Hall–Kier alpha value is -2.83. The van der Waals surface area contributed by atoms with Crippen LogP contribution < -0.4 is 14.8 Å². The van der Waals surface area contributed by atoms with Crippen LogP contribution in [0.4, 0.5) is 4.39 Å². The zero-order chi connectivity index (χ0) is 22.8. The van der Waals surface area contributed by atoms with Crippen LogP contribution in [0.1, 0.15) is 20.8 Å². The van der Waals surface area contributed by atoms with Gasteiger partial charge in [0.2, 0.25) is 5.95 Å². The van der Waals surface area contributed by atoms with Crippen molar-refractivity contribution >= 4 is 34.6 Å². The molecule has 0 bridgehead atoms. The summed E-state index contributed by atoms with van der Waals surface area (Å²) >= 11 is 3.05. The van der Waals surface area contributed by atoms with Crippen molar-refractivity contribution in [1.82, 2.24) is 9.97 Å². The van der Waals surface area contributed by atoms with Crippen LogP contribution in [0.2, 0.25) is 5.04 Å². The van der Waals surface area contributed by atoms with Crippen molar-refractivity contribution in [2.45, 2.75) is 25.8 Å². The average Bonchev–Trinajstić information content (AvgIpc) is 2.80. The Balaban J connectivity index is 1.79. The van der Waals surface area contributed by atoms with E-state index in [0.717, 1.165) is 11.3 Å². The zero-order valence-electron chi connectivity index (χ0n) is 18.2. The van der Waals surface area contributed by atoms with Gasteiger partial charge in [-0.2, -0.15) is 4.39 Å². The van der Waals surface area contributed by atoms with E-state index in [-0.39, 0.29) is 9.64 Å². The molecule has 0 atom stereocenters. The summed E-state index contributed by atoms with van der Waals surface area (Å²) in [6.45, 7) is 6.73. The smallest absolute Gasteiger partial charge is 0.319 e. The molecule has 3 aromatic carbocycles. The summed E-state index contributed by atoms with van der Waals surface area (Å²) in [6.07, 6.45) is 1.55. The van der Waals surface area contributed by atoms with Crippen molar-refractivity contribution in [3.05, 3.63) is 102 Å². The Bertz CT molecular complexity index is 1160. The summed E-state index contributed by atoms with van der Waals surface area (Å²) in [7, 11) is -2.70. The summed E-state index contributed by atoms with van der Waals surface area (Å²) < 4.78 is 20.9. The van der Waals surface area contributed by atoms with Crippen molar-refractivity contribution in [2.24, 2.45) is 0 Å². The molecule has 3 nitrogen and oxygen atoms in total. The number of halogens is 2. The number of hydrogen-bond acceptors (Lipinski definition) is 3. The number of aromatic nitrogens is 2. The monoisotopic (exact) mass is 506 g/mol. The van der Waals surface area contributed by atoms with E-state index in [0.29, 0.717) is 5.69 Å². The topological polar surface area (TPSA) is 35.0 Å². The maximum atomic E-state index is 13.8. The van der Waals surface area contributed by atoms with E-state index in [1.54, 1.807) is 6.20 Å². The van der Waals surface area contributed by atoms with Gasteiger partial charge in [-0.15, -0.1) is 0 Å². The maximum absolute atomic E-state index is 13.8. The minimum Gasteiger partial charge on any atom is -0.534 e. The number of benzene rings is 3. The fourth-order valence-corrected chi connectivity index (χ4v) is 8.62. The molecule has 0 spiro atoms. The van der Waals surface area contributed by atoms with E-state index >= 15 is 0 Å². The van der Waals surface area contributed by atoms with Gasteiger partial charge in [-0.25, -0.2) is 9.97 Å². The van der Waals surface area contributed by atoms with Gasteiger partial charge in [0.1, 0.15) is 5.75 Å². The molecule has 1 aromatic heterocycles. The molecular weight excluding hydrogens is 483 g/mol. The molecule has 4 rings (SSSR count). The molecule has 162 valence electrons. The predicted molar refractivity (Wildman–Crippen MR) is 133 cm³/mol. The Morgan fingerprint density at radius 3 is 1.81 bits per heavy atom. The summed E-state index contributed by atoms with van der Waals surface area (Å²) in [6, 6.07) is 28.6. The van der Waals surface area contributed by atoms with Gasteiger partial charge in [0.25, 0.3) is 0 Å². The fraction of sp³-hybridized carbons (Fsp3) is 0.154. The summed E-state index contributed by atoms with van der Waals surface area (Å²) in [5, 5.41) is 2.29. The van der Waals surface area contributed by atoms with E-state index in [9.17, 15) is 4.39 Å². The predicted octanol–water partition coefficient (Wildman–Crippen LogP) is 5.98. The standard InChI is InChI=1S/C26H24BrFN2OSi/c1-26(2,3)32(21-10-6-4-7-11-21,22-12-8-5-9-13-22)31-20-16-14-19(15-17-20)23-18-29-24(27)25(28)30-23/h4-18H,1-3H3. The highest BCUT2D eigenvalue weighted by Crippen LogP contribution is 2.37. The first-order chi connectivity index (χ1) is 15.3. The third kappa shape index (κ3) is 4.25. The summed E-state index contributed by atoms with van der Waals surface area (Å²) in [5.74, 6) is 0.142. The minimum absolute atomic E-state index is 0.105. The van der Waals surface area contributed by atoms with Crippen molar-refractivity contribution in [2.75, 3.05) is 0 Å². The van der Waals surface area contributed by atoms with Crippen LogP contribution in [-0.2, 0) is 0 Å². The van der Waals surface area contributed by atoms with Gasteiger partial charge in [-0.1, -0.05) is 81.4 Å². The van der Waals surface area contributed by atoms with E-state index in [1.165, 1.54) is 10.4 Å². The van der Waals surface area contributed by atoms with Crippen molar-refractivity contribution < 1.29 is 8.82 Å². The molecule has 0 saturated heterocycles. The number of rotatable bonds is 5. The number of nitrogens with zero attached hydrogens (tertiary/aromatic N) is 2. The molecule has 0 aliphatic rings. The lowest BCUT2D eigenvalue weighted by atomic mass is 10.1. The van der Waals surface area contributed by atoms with E-state index in [2.05, 4.69) is 95.2 Å². The van der Waals surface area contributed by atoms with Gasteiger partial charge in [-0.05, 0) is 55.6 Å². The van der Waals surface area contributed by atoms with Crippen molar-refractivity contribution in [3.63, 3.8) is 0 Å². The normalized spacial score (nSPS) is 11.9. The summed E-state index contributed by atoms with van der Waals surface area (Å²) in [5.41, 5.74) is 1.25. The molecule has 0 N–H and O–H groups in total. The highest BCUT2D eigenvalue weighted by molar-refractivity contribution is 9.10. The van der Waals surface area contributed by atoms with E-state index in [1.807, 2.05) is 36.4 Å². The zero-order valence-corrected chi connectivity index (χ0v) is 20.8. The molecule has 0 aliphatic heterocycles. The maximum Gasteiger partial charge on any atom is 0.319 e. The first kappa shape index (κ1) is 22.4. The van der Waals surface area contributed by atoms with Crippen LogP contribution in [0.5, 0.6) is 5.75 Å². The van der Waals surface area contributed by atoms with Crippen molar-refractivity contribution in [3.8, 4) is 17.0 Å². The highest BCUT2D eigenvalue weighted by Gasteiger charge is 2.52. The van der Waals surface area contributed by atoms with Crippen LogP contribution in [0, 0.1) is 5.95 Å².